The van der Waals surface area contributed by atoms with Crippen molar-refractivity contribution in [2.75, 3.05) is 6.54 Å². The van der Waals surface area contributed by atoms with E-state index < -0.39 is 11.6 Å². The Hall–Kier alpha value is -2.95. The average molecular weight is 350 g/mol. The SMILES string of the molecule is CCC[C@@]1(c2ccccc2)NC(=O)N(CC(=O)c2ccc(C)cc2)C1=O. The van der Waals surface area contributed by atoms with Crippen LogP contribution in [0.4, 0.5) is 4.79 Å². The Morgan fingerprint density at radius 1 is 1.04 bits per heavy atom. The van der Waals surface area contributed by atoms with Gasteiger partial charge in [-0.3, -0.25) is 14.5 Å². The molecule has 1 fully saturated rings. The Morgan fingerprint density at radius 2 is 1.69 bits per heavy atom. The van der Waals surface area contributed by atoms with Crippen molar-refractivity contribution in [3.05, 3.63) is 71.3 Å². The van der Waals surface area contributed by atoms with Crippen molar-refractivity contribution in [2.24, 2.45) is 0 Å². The molecule has 1 atom stereocenters. The molecule has 134 valence electrons. The van der Waals surface area contributed by atoms with Crippen molar-refractivity contribution >= 4 is 17.7 Å². The van der Waals surface area contributed by atoms with E-state index in [4.69, 9.17) is 0 Å². The van der Waals surface area contributed by atoms with Gasteiger partial charge in [0.1, 0.15) is 5.54 Å². The standard InChI is InChI=1S/C21H22N2O3/c1-3-13-21(17-7-5-4-6-8-17)19(25)23(20(26)22-21)14-18(24)16-11-9-15(2)10-12-16/h4-12H,3,13-14H2,1-2H3,(H,22,26)/t21-/m0/s1. The summed E-state index contributed by atoms with van der Waals surface area (Å²) in [4.78, 5) is 39.2. The number of Topliss-reactive ketones (excluding diaryl/α,β-unsaturated/α-hetero) is 1. The number of aryl methyl sites for hydroxylation is 1. The zero-order chi connectivity index (χ0) is 18.7. The van der Waals surface area contributed by atoms with E-state index in [1.54, 1.807) is 12.1 Å². The number of carbonyl (C=O) groups excluding carboxylic acids is 3. The first-order valence-corrected chi connectivity index (χ1v) is 8.77. The van der Waals surface area contributed by atoms with Gasteiger partial charge in [0.2, 0.25) is 0 Å². The third-order valence-electron chi connectivity index (χ3n) is 4.74. The Bertz CT molecular complexity index is 830. The third kappa shape index (κ3) is 3.12. The summed E-state index contributed by atoms with van der Waals surface area (Å²) in [6, 6.07) is 15.8. The molecule has 3 amide bonds. The second kappa shape index (κ2) is 7.12. The molecule has 1 heterocycles. The molecule has 0 radical (unpaired) electrons. The van der Waals surface area contributed by atoms with Gasteiger partial charge in [-0.15, -0.1) is 0 Å². The van der Waals surface area contributed by atoms with Crippen LogP contribution in [0.1, 0.15) is 41.3 Å². The summed E-state index contributed by atoms with van der Waals surface area (Å²) in [6.45, 7) is 3.64. The lowest BCUT2D eigenvalue weighted by molar-refractivity contribution is -0.131. The molecule has 3 rings (SSSR count). The van der Waals surface area contributed by atoms with Crippen LogP contribution in [0.15, 0.2) is 54.6 Å². The van der Waals surface area contributed by atoms with Crippen LogP contribution in [-0.2, 0) is 10.3 Å². The molecule has 0 bridgehead atoms. The number of carbonyl (C=O) groups is 3. The van der Waals surface area contributed by atoms with Crippen molar-refractivity contribution in [1.29, 1.82) is 0 Å². The van der Waals surface area contributed by atoms with E-state index in [0.29, 0.717) is 12.0 Å². The van der Waals surface area contributed by atoms with Crippen LogP contribution in [0.25, 0.3) is 0 Å². The number of rotatable bonds is 6. The van der Waals surface area contributed by atoms with E-state index in [1.807, 2.05) is 56.3 Å². The predicted molar refractivity (Wildman–Crippen MR) is 98.8 cm³/mol. The summed E-state index contributed by atoms with van der Waals surface area (Å²) in [5.41, 5.74) is 1.18. The van der Waals surface area contributed by atoms with Crippen molar-refractivity contribution in [3.63, 3.8) is 0 Å². The second-order valence-corrected chi connectivity index (χ2v) is 6.63. The largest absolute Gasteiger partial charge is 0.325 e. The molecule has 0 saturated carbocycles. The Labute approximate surface area is 153 Å². The summed E-state index contributed by atoms with van der Waals surface area (Å²) in [5.74, 6) is -0.620. The first-order chi connectivity index (χ1) is 12.5. The van der Waals surface area contributed by atoms with Crippen LogP contribution < -0.4 is 5.32 Å². The maximum atomic E-state index is 13.1. The van der Waals surface area contributed by atoms with Gasteiger partial charge in [0.15, 0.2) is 5.78 Å². The summed E-state index contributed by atoms with van der Waals surface area (Å²) in [5, 5.41) is 2.84. The van der Waals surface area contributed by atoms with E-state index in [0.717, 1.165) is 22.4 Å². The first-order valence-electron chi connectivity index (χ1n) is 8.77. The summed E-state index contributed by atoms with van der Waals surface area (Å²) in [7, 11) is 0. The molecular weight excluding hydrogens is 328 g/mol. The van der Waals surface area contributed by atoms with Crippen molar-refractivity contribution in [1.82, 2.24) is 10.2 Å². The highest BCUT2D eigenvalue weighted by Gasteiger charge is 2.52. The third-order valence-corrected chi connectivity index (χ3v) is 4.74. The number of nitrogens with zero attached hydrogens (tertiary/aromatic N) is 1. The number of nitrogens with one attached hydrogen (secondary N) is 1. The minimum absolute atomic E-state index is 0.256. The lowest BCUT2D eigenvalue weighted by Gasteiger charge is -2.26. The average Bonchev–Trinajstić information content (AvgIpc) is 2.88. The monoisotopic (exact) mass is 350 g/mol. The van der Waals surface area contributed by atoms with E-state index in [1.165, 1.54) is 0 Å². The van der Waals surface area contributed by atoms with E-state index >= 15 is 0 Å². The van der Waals surface area contributed by atoms with Crippen LogP contribution in [0.3, 0.4) is 0 Å². The second-order valence-electron chi connectivity index (χ2n) is 6.63. The van der Waals surface area contributed by atoms with Gasteiger partial charge in [-0.1, -0.05) is 73.5 Å². The number of imide groups is 1. The minimum atomic E-state index is -1.10. The summed E-state index contributed by atoms with van der Waals surface area (Å²) in [6.07, 6.45) is 1.21. The first kappa shape index (κ1) is 17.9. The van der Waals surface area contributed by atoms with Gasteiger partial charge in [0, 0.05) is 5.56 Å². The Balaban J connectivity index is 1.88. The van der Waals surface area contributed by atoms with Crippen molar-refractivity contribution in [2.45, 2.75) is 32.2 Å². The van der Waals surface area contributed by atoms with Gasteiger partial charge < -0.3 is 5.32 Å². The van der Waals surface area contributed by atoms with Crippen LogP contribution in [-0.4, -0.2) is 29.2 Å². The maximum absolute atomic E-state index is 13.1. The van der Waals surface area contributed by atoms with E-state index in [9.17, 15) is 14.4 Å². The Kier molecular flexibility index (Phi) is 4.89. The lowest BCUT2D eigenvalue weighted by atomic mass is 9.85. The minimum Gasteiger partial charge on any atom is -0.319 e. The topological polar surface area (TPSA) is 66.5 Å². The maximum Gasteiger partial charge on any atom is 0.325 e. The predicted octanol–water partition coefficient (Wildman–Crippen LogP) is 3.43. The van der Waals surface area contributed by atoms with E-state index in [2.05, 4.69) is 5.32 Å². The fraction of sp³-hybridized carbons (Fsp3) is 0.286. The molecular formula is C21H22N2O3. The molecule has 5 nitrogen and oxygen atoms in total. The Morgan fingerprint density at radius 3 is 2.31 bits per heavy atom. The molecule has 2 aromatic carbocycles. The lowest BCUT2D eigenvalue weighted by Crippen LogP contribution is -2.44. The van der Waals surface area contributed by atoms with Crippen molar-refractivity contribution in [3.8, 4) is 0 Å². The number of hydrogen-bond donors (Lipinski definition) is 1. The quantitative estimate of drug-likeness (QED) is 0.641. The molecule has 0 aliphatic carbocycles. The highest BCUT2D eigenvalue weighted by atomic mass is 16.2. The molecule has 0 unspecified atom stereocenters. The van der Waals surface area contributed by atoms with Gasteiger partial charge in [-0.25, -0.2) is 4.79 Å². The van der Waals surface area contributed by atoms with Crippen LogP contribution in [0.2, 0.25) is 0 Å². The summed E-state index contributed by atoms with van der Waals surface area (Å²) >= 11 is 0. The highest BCUT2D eigenvalue weighted by molar-refractivity contribution is 6.11. The van der Waals surface area contributed by atoms with Gasteiger partial charge in [0.05, 0.1) is 6.54 Å². The number of hydrogen-bond acceptors (Lipinski definition) is 3. The molecule has 1 N–H and O–H groups in total. The molecule has 2 aromatic rings. The molecule has 1 saturated heterocycles. The zero-order valence-electron chi connectivity index (χ0n) is 15.0. The molecule has 1 aliphatic rings. The smallest absolute Gasteiger partial charge is 0.319 e. The van der Waals surface area contributed by atoms with Crippen LogP contribution >= 0.6 is 0 Å². The van der Waals surface area contributed by atoms with Crippen LogP contribution in [0.5, 0.6) is 0 Å². The van der Waals surface area contributed by atoms with E-state index in [-0.39, 0.29) is 18.2 Å². The molecule has 0 spiro atoms. The highest BCUT2D eigenvalue weighted by Crippen LogP contribution is 2.33. The zero-order valence-corrected chi connectivity index (χ0v) is 15.0. The van der Waals surface area contributed by atoms with Gasteiger partial charge >= 0.3 is 6.03 Å². The van der Waals surface area contributed by atoms with Crippen molar-refractivity contribution < 1.29 is 14.4 Å². The molecule has 26 heavy (non-hydrogen) atoms. The van der Waals surface area contributed by atoms with Crippen LogP contribution in [0, 0.1) is 6.92 Å². The van der Waals surface area contributed by atoms with Gasteiger partial charge in [-0.2, -0.15) is 0 Å². The number of urea groups is 1. The number of ketones is 1. The fourth-order valence-corrected chi connectivity index (χ4v) is 3.35. The fourth-order valence-electron chi connectivity index (χ4n) is 3.35. The van der Waals surface area contributed by atoms with Gasteiger partial charge in [-0.05, 0) is 18.9 Å². The molecule has 0 aromatic heterocycles. The normalized spacial score (nSPS) is 19.5. The van der Waals surface area contributed by atoms with Gasteiger partial charge in [0.25, 0.3) is 5.91 Å². The number of amides is 3. The molecule has 5 heteroatoms. The molecule has 1 aliphatic heterocycles. The number of benzene rings is 2. The summed E-state index contributed by atoms with van der Waals surface area (Å²) < 4.78 is 0.